The van der Waals surface area contributed by atoms with E-state index in [9.17, 15) is 19.2 Å². The summed E-state index contributed by atoms with van der Waals surface area (Å²) < 4.78 is 9.50. The van der Waals surface area contributed by atoms with Crippen molar-refractivity contribution in [2.75, 3.05) is 27.3 Å². The molecule has 4 amide bonds. The molecule has 0 spiro atoms. The van der Waals surface area contributed by atoms with Gasteiger partial charge in [-0.3, -0.25) is 9.59 Å². The fourth-order valence-corrected chi connectivity index (χ4v) is 8.10. The lowest BCUT2D eigenvalue weighted by molar-refractivity contribution is -0.136. The minimum absolute atomic E-state index is 0. The minimum atomic E-state index is -0.688. The van der Waals surface area contributed by atoms with E-state index in [-0.39, 0.29) is 60.5 Å². The number of hydrogen-bond acceptors (Lipinski definition) is 9. The molecule has 4 N–H and O–H groups in total. The molecule has 55 heavy (non-hydrogen) atoms. The number of aromatic amines is 2. The summed E-state index contributed by atoms with van der Waals surface area (Å²) in [7, 11) is 2.58. The fraction of sp³-hybridized carbons (Fsp3) is 0.474. The molecule has 2 fully saturated rings. The van der Waals surface area contributed by atoms with Gasteiger partial charge < -0.3 is 39.9 Å². The predicted molar refractivity (Wildman–Crippen MR) is 215 cm³/mol. The van der Waals surface area contributed by atoms with E-state index in [1.165, 1.54) is 14.2 Å². The number of hydrogen-bond donors (Lipinski definition) is 4. The monoisotopic (exact) mass is 816 g/mol. The summed E-state index contributed by atoms with van der Waals surface area (Å²) in [5.41, 5.74) is 3.78. The van der Waals surface area contributed by atoms with Crippen LogP contribution in [0.1, 0.15) is 77.1 Å². The molecule has 2 saturated heterocycles. The number of methoxy groups -OCH3 is 2. The van der Waals surface area contributed by atoms with Crippen LogP contribution in [0, 0.1) is 11.8 Å². The van der Waals surface area contributed by atoms with Crippen molar-refractivity contribution in [3.8, 4) is 32.3 Å². The van der Waals surface area contributed by atoms with E-state index in [1.807, 2.05) is 38.8 Å². The van der Waals surface area contributed by atoms with Gasteiger partial charge in [-0.05, 0) is 60.8 Å². The number of rotatable bonds is 11. The van der Waals surface area contributed by atoms with Gasteiger partial charge in [0.1, 0.15) is 23.7 Å². The number of aromatic nitrogens is 4. The molecule has 298 valence electrons. The number of imidazole rings is 2. The lowest BCUT2D eigenvalue weighted by Gasteiger charge is -2.30. The molecule has 14 nitrogen and oxygen atoms in total. The standard InChI is InChI=1S/C38H48N8O6S.2ClH/c1-21(2)31(43-37(49)51-5)35(47)45-17-7-9-27(45)33-39-19-25(41-33)23-11-13-24(14-12-23)29-15-16-30(53-29)26-20-40-34(42-26)28-10-8-18-46(28)36(48)32(22(3)4)44-38(50)52-6;;/h11-16,19-22,27-28,31-32H,7-10,17-18H2,1-6H3,(H,39,41)(H,40,42)(H,43,49)(H,44,50);2*1H. The lowest BCUT2D eigenvalue weighted by Crippen LogP contribution is -2.51. The molecule has 0 bridgehead atoms. The second-order valence-corrected chi connectivity index (χ2v) is 15.3. The zero-order valence-corrected chi connectivity index (χ0v) is 34.2. The van der Waals surface area contributed by atoms with Crippen molar-refractivity contribution in [3.05, 3.63) is 60.4 Å². The highest BCUT2D eigenvalue weighted by molar-refractivity contribution is 7.18. The van der Waals surface area contributed by atoms with E-state index in [1.54, 1.807) is 22.4 Å². The van der Waals surface area contributed by atoms with Crippen molar-refractivity contribution < 1.29 is 28.7 Å². The van der Waals surface area contributed by atoms with Crippen LogP contribution >= 0.6 is 36.2 Å². The predicted octanol–water partition coefficient (Wildman–Crippen LogP) is 7.13. The number of thiophene rings is 1. The smallest absolute Gasteiger partial charge is 0.407 e. The lowest BCUT2D eigenvalue weighted by atomic mass is 10.0. The van der Waals surface area contributed by atoms with Crippen LogP contribution in [0.25, 0.3) is 32.3 Å². The van der Waals surface area contributed by atoms with Gasteiger partial charge in [-0.15, -0.1) is 36.2 Å². The van der Waals surface area contributed by atoms with Crippen LogP contribution in [-0.4, -0.2) is 93.1 Å². The van der Waals surface area contributed by atoms with Crippen molar-refractivity contribution in [3.63, 3.8) is 0 Å². The molecule has 3 aromatic heterocycles. The van der Waals surface area contributed by atoms with Crippen molar-refractivity contribution in [1.29, 1.82) is 0 Å². The zero-order valence-electron chi connectivity index (χ0n) is 31.8. The third kappa shape index (κ3) is 9.45. The molecule has 17 heteroatoms. The molecule has 5 heterocycles. The van der Waals surface area contributed by atoms with E-state index in [2.05, 4.69) is 67.0 Å². The van der Waals surface area contributed by atoms with E-state index in [0.29, 0.717) is 13.1 Å². The number of carbonyl (C=O) groups excluding carboxylic acids is 4. The maximum absolute atomic E-state index is 13.5. The summed E-state index contributed by atoms with van der Waals surface area (Å²) in [6, 6.07) is 10.6. The highest BCUT2D eigenvalue weighted by Crippen LogP contribution is 2.38. The van der Waals surface area contributed by atoms with Gasteiger partial charge in [0.25, 0.3) is 0 Å². The number of nitrogens with zero attached hydrogens (tertiary/aromatic N) is 4. The van der Waals surface area contributed by atoms with Gasteiger partial charge >= 0.3 is 12.2 Å². The van der Waals surface area contributed by atoms with E-state index >= 15 is 0 Å². The van der Waals surface area contributed by atoms with Gasteiger partial charge in [-0.1, -0.05) is 52.0 Å². The largest absolute Gasteiger partial charge is 0.453 e. The topological polar surface area (TPSA) is 175 Å². The summed E-state index contributed by atoms with van der Waals surface area (Å²) in [5, 5.41) is 5.39. The van der Waals surface area contributed by atoms with Gasteiger partial charge in [-0.25, -0.2) is 19.6 Å². The van der Waals surface area contributed by atoms with Gasteiger partial charge in [0.05, 0.1) is 55.0 Å². The molecule has 4 aromatic rings. The first-order valence-corrected chi connectivity index (χ1v) is 18.9. The fourth-order valence-electron chi connectivity index (χ4n) is 7.12. The summed E-state index contributed by atoms with van der Waals surface area (Å²) in [6.45, 7) is 8.79. The number of likely N-dealkylation sites (tertiary alicyclic amines) is 2. The first-order valence-electron chi connectivity index (χ1n) is 18.1. The quantitative estimate of drug-likeness (QED) is 0.124. The highest BCUT2D eigenvalue weighted by atomic mass is 35.5. The first kappa shape index (κ1) is 43.1. The molecule has 0 saturated carbocycles. The molecular weight excluding hydrogens is 767 g/mol. The van der Waals surface area contributed by atoms with Crippen LogP contribution in [0.2, 0.25) is 0 Å². The maximum Gasteiger partial charge on any atom is 0.407 e. The van der Waals surface area contributed by atoms with Gasteiger partial charge in [0, 0.05) is 18.0 Å². The second-order valence-electron chi connectivity index (χ2n) is 14.2. The Balaban J connectivity index is 0.00000336. The first-order chi connectivity index (χ1) is 25.5. The van der Waals surface area contributed by atoms with Gasteiger partial charge in [0.15, 0.2) is 0 Å². The molecule has 4 atom stereocenters. The Bertz CT molecular complexity index is 1930. The number of halogens is 2. The normalized spacial score (nSPS) is 17.7. The Hall–Kier alpha value is -4.60. The molecular formula is C38H50Cl2N8O6S. The molecule has 0 aliphatic carbocycles. The Morgan fingerprint density at radius 2 is 1.13 bits per heavy atom. The van der Waals surface area contributed by atoms with Crippen LogP contribution in [0.5, 0.6) is 0 Å². The number of amides is 4. The molecule has 1 aromatic carbocycles. The van der Waals surface area contributed by atoms with Gasteiger partial charge in [0.2, 0.25) is 11.8 Å². The molecule has 2 aliphatic heterocycles. The third-order valence-corrected chi connectivity index (χ3v) is 11.2. The van der Waals surface area contributed by atoms with Crippen LogP contribution in [0.3, 0.4) is 0 Å². The number of H-pyrrole nitrogens is 2. The van der Waals surface area contributed by atoms with Crippen molar-refractivity contribution in [2.24, 2.45) is 11.8 Å². The summed E-state index contributed by atoms with van der Waals surface area (Å²) in [6.07, 6.45) is 5.63. The Morgan fingerprint density at radius 1 is 0.691 bits per heavy atom. The minimum Gasteiger partial charge on any atom is -0.453 e. The average molecular weight is 818 g/mol. The molecule has 4 unspecified atom stereocenters. The molecule has 0 radical (unpaired) electrons. The summed E-state index contributed by atoms with van der Waals surface area (Å²) in [4.78, 5) is 72.9. The van der Waals surface area contributed by atoms with Crippen molar-refractivity contribution in [1.82, 2.24) is 40.4 Å². The zero-order chi connectivity index (χ0) is 37.8. The number of benzene rings is 1. The number of nitrogens with one attached hydrogen (secondary N) is 4. The number of alkyl carbamates (subject to hydrolysis) is 2. The van der Waals surface area contributed by atoms with Crippen molar-refractivity contribution in [2.45, 2.75) is 77.5 Å². The van der Waals surface area contributed by atoms with Crippen molar-refractivity contribution >= 4 is 60.2 Å². The third-order valence-electron chi connectivity index (χ3n) is 10.0. The molecule has 6 rings (SSSR count). The number of carbonyl (C=O) groups is 4. The van der Waals surface area contributed by atoms with Crippen LogP contribution in [-0.2, 0) is 19.1 Å². The average Bonchev–Trinajstić information content (AvgIpc) is 4.00. The summed E-state index contributed by atoms with van der Waals surface area (Å²) in [5.74, 6) is 0.962. The van der Waals surface area contributed by atoms with Crippen LogP contribution < -0.4 is 10.6 Å². The number of ether oxygens (including phenoxy) is 2. The van der Waals surface area contributed by atoms with E-state index in [0.717, 1.165) is 69.6 Å². The second kappa shape index (κ2) is 18.8. The Kier molecular flexibility index (Phi) is 14.8. The molecule has 2 aliphatic rings. The van der Waals surface area contributed by atoms with E-state index in [4.69, 9.17) is 9.47 Å². The van der Waals surface area contributed by atoms with Gasteiger partial charge in [-0.2, -0.15) is 0 Å². The van der Waals surface area contributed by atoms with Crippen LogP contribution in [0.15, 0.2) is 48.8 Å². The Morgan fingerprint density at radius 3 is 1.60 bits per heavy atom. The summed E-state index contributed by atoms with van der Waals surface area (Å²) >= 11 is 1.65. The van der Waals surface area contributed by atoms with Crippen LogP contribution in [0.4, 0.5) is 9.59 Å². The van der Waals surface area contributed by atoms with E-state index < -0.39 is 24.3 Å². The maximum atomic E-state index is 13.5. The highest BCUT2D eigenvalue weighted by Gasteiger charge is 2.39. The Labute approximate surface area is 337 Å². The SMILES string of the molecule is COC(=O)NC(C(=O)N1CCCC1c1ncc(-c2ccc(-c3ccc(-c4cnc(C5CCCN5C(=O)C(NC(=O)OC)C(C)C)[nH]4)s3)cc2)[nH]1)C(C)C.Cl.Cl.